The molecule has 1 fully saturated rings. The molecule has 0 radical (unpaired) electrons. The number of fused-ring (bicyclic) bond motifs is 1. The van der Waals surface area contributed by atoms with Crippen molar-refractivity contribution in [2.24, 2.45) is 5.73 Å². The molecule has 1 aliphatic carbocycles. The predicted molar refractivity (Wildman–Crippen MR) is 122 cm³/mol. The molecule has 0 aliphatic heterocycles. The summed E-state index contributed by atoms with van der Waals surface area (Å²) >= 11 is 0. The molecule has 1 saturated carbocycles. The third-order valence-corrected chi connectivity index (χ3v) is 6.72. The van der Waals surface area contributed by atoms with Crippen molar-refractivity contribution in [3.63, 3.8) is 0 Å². The van der Waals surface area contributed by atoms with Gasteiger partial charge in [0.2, 0.25) is 0 Å². The molecule has 0 saturated heterocycles. The van der Waals surface area contributed by atoms with Gasteiger partial charge in [-0.3, -0.25) is 0 Å². The maximum absolute atomic E-state index is 6.53. The molecule has 4 nitrogen and oxygen atoms in total. The van der Waals surface area contributed by atoms with Crippen molar-refractivity contribution in [2.75, 3.05) is 0 Å². The van der Waals surface area contributed by atoms with Crippen molar-refractivity contribution in [2.45, 2.75) is 51.0 Å². The molecule has 4 aromatic rings. The van der Waals surface area contributed by atoms with E-state index in [1.165, 1.54) is 17.5 Å². The molecule has 152 valence electrons. The highest BCUT2D eigenvalue weighted by Crippen LogP contribution is 2.40. The molecule has 2 aromatic heterocycles. The molecule has 1 aliphatic rings. The van der Waals surface area contributed by atoms with Gasteiger partial charge in [-0.25, -0.2) is 9.50 Å². The van der Waals surface area contributed by atoms with Crippen LogP contribution in [-0.2, 0) is 5.54 Å². The highest BCUT2D eigenvalue weighted by atomic mass is 15.3. The van der Waals surface area contributed by atoms with Gasteiger partial charge < -0.3 is 5.73 Å². The van der Waals surface area contributed by atoms with Crippen LogP contribution in [0.4, 0.5) is 0 Å². The third-order valence-electron chi connectivity index (χ3n) is 6.72. The van der Waals surface area contributed by atoms with Crippen LogP contribution in [-0.4, -0.2) is 14.6 Å². The van der Waals surface area contributed by atoms with Crippen LogP contribution < -0.4 is 5.73 Å². The molecule has 1 atom stereocenters. The largest absolute Gasteiger partial charge is 0.321 e. The van der Waals surface area contributed by atoms with Gasteiger partial charge in [0, 0.05) is 28.4 Å². The van der Waals surface area contributed by atoms with Crippen molar-refractivity contribution in [3.05, 3.63) is 78.0 Å². The fourth-order valence-corrected chi connectivity index (χ4v) is 4.43. The second kappa shape index (κ2) is 7.37. The molecule has 30 heavy (non-hydrogen) atoms. The normalized spacial score (nSPS) is 16.4. The summed E-state index contributed by atoms with van der Waals surface area (Å²) in [5.41, 5.74) is 14.0. The standard InChI is InChI=1S/C26H28N4/c1-3-18(2)22-14-17-28-30-24(20-8-5-4-6-9-20)23(29-25(22)30)19-10-12-21(13-11-19)26(27)15-7-16-26/h4-6,8-14,17-18H,3,7,15-16,27H2,1-2H3. The van der Waals surface area contributed by atoms with Crippen LogP contribution in [0.25, 0.3) is 28.2 Å². The maximum Gasteiger partial charge on any atom is 0.158 e. The maximum atomic E-state index is 6.53. The Kier molecular flexibility index (Phi) is 4.67. The van der Waals surface area contributed by atoms with Gasteiger partial charge in [-0.2, -0.15) is 5.10 Å². The van der Waals surface area contributed by atoms with E-state index in [0.717, 1.165) is 47.4 Å². The lowest BCUT2D eigenvalue weighted by atomic mass is 9.72. The first-order chi connectivity index (χ1) is 14.6. The van der Waals surface area contributed by atoms with Crippen molar-refractivity contribution < 1.29 is 0 Å². The summed E-state index contributed by atoms with van der Waals surface area (Å²) in [5.74, 6) is 0.424. The van der Waals surface area contributed by atoms with Crippen LogP contribution in [0, 0.1) is 0 Å². The van der Waals surface area contributed by atoms with E-state index in [0.29, 0.717) is 5.92 Å². The van der Waals surface area contributed by atoms with Gasteiger partial charge in [-0.15, -0.1) is 0 Å². The van der Waals surface area contributed by atoms with Crippen molar-refractivity contribution in [1.29, 1.82) is 0 Å². The molecule has 0 amide bonds. The molecule has 2 heterocycles. The zero-order valence-electron chi connectivity index (χ0n) is 17.7. The topological polar surface area (TPSA) is 56.2 Å². The van der Waals surface area contributed by atoms with Crippen LogP contribution in [0.3, 0.4) is 0 Å². The number of nitrogens with zero attached hydrogens (tertiary/aromatic N) is 3. The minimum absolute atomic E-state index is 0.148. The van der Waals surface area contributed by atoms with Gasteiger partial charge >= 0.3 is 0 Å². The summed E-state index contributed by atoms with van der Waals surface area (Å²) in [6, 6.07) is 21.2. The first-order valence-electron chi connectivity index (χ1n) is 10.9. The molecule has 2 N–H and O–H groups in total. The van der Waals surface area contributed by atoms with E-state index in [1.807, 2.05) is 16.8 Å². The second-order valence-electron chi connectivity index (χ2n) is 8.59. The Balaban J connectivity index is 1.71. The molecule has 0 spiro atoms. The number of hydrogen-bond donors (Lipinski definition) is 1. The molecule has 1 unspecified atom stereocenters. The van der Waals surface area contributed by atoms with Gasteiger partial charge in [0.15, 0.2) is 5.65 Å². The number of nitrogens with two attached hydrogens (primary N) is 1. The summed E-state index contributed by atoms with van der Waals surface area (Å²) in [6.07, 6.45) is 6.31. The minimum atomic E-state index is -0.148. The molecular formula is C26H28N4. The first-order valence-corrected chi connectivity index (χ1v) is 10.9. The quantitative estimate of drug-likeness (QED) is 0.456. The molecule has 5 rings (SSSR count). The molecule has 4 heteroatoms. The van der Waals surface area contributed by atoms with Gasteiger partial charge in [0.1, 0.15) is 5.69 Å². The van der Waals surface area contributed by atoms with Gasteiger partial charge in [-0.05, 0) is 43.2 Å². The lowest BCUT2D eigenvalue weighted by Gasteiger charge is -2.38. The monoisotopic (exact) mass is 396 g/mol. The zero-order valence-corrected chi connectivity index (χ0v) is 17.7. The average molecular weight is 397 g/mol. The van der Waals surface area contributed by atoms with E-state index in [1.54, 1.807) is 0 Å². The van der Waals surface area contributed by atoms with Crippen LogP contribution >= 0.6 is 0 Å². The van der Waals surface area contributed by atoms with E-state index < -0.39 is 0 Å². The van der Waals surface area contributed by atoms with E-state index in [9.17, 15) is 0 Å². The summed E-state index contributed by atoms with van der Waals surface area (Å²) in [5, 5.41) is 4.69. The van der Waals surface area contributed by atoms with Crippen LogP contribution in [0.2, 0.25) is 0 Å². The fourth-order valence-electron chi connectivity index (χ4n) is 4.43. The van der Waals surface area contributed by atoms with Gasteiger partial charge in [-0.1, -0.05) is 68.4 Å². The Morgan fingerprint density at radius 3 is 2.37 bits per heavy atom. The van der Waals surface area contributed by atoms with Crippen LogP contribution in [0.15, 0.2) is 66.9 Å². The fraction of sp³-hybridized carbons (Fsp3) is 0.308. The van der Waals surface area contributed by atoms with Gasteiger partial charge in [0.25, 0.3) is 0 Å². The van der Waals surface area contributed by atoms with E-state index in [-0.39, 0.29) is 5.54 Å². The Hall–Kier alpha value is -2.98. The Morgan fingerprint density at radius 1 is 1.00 bits per heavy atom. The smallest absolute Gasteiger partial charge is 0.158 e. The summed E-state index contributed by atoms with van der Waals surface area (Å²) < 4.78 is 2.01. The predicted octanol–water partition coefficient (Wildman–Crippen LogP) is 5.91. The van der Waals surface area contributed by atoms with Crippen LogP contribution in [0.5, 0.6) is 0 Å². The lowest BCUT2D eigenvalue weighted by molar-refractivity contribution is 0.253. The Morgan fingerprint density at radius 2 is 1.73 bits per heavy atom. The average Bonchev–Trinajstić information content (AvgIpc) is 3.17. The van der Waals surface area contributed by atoms with Crippen molar-refractivity contribution in [3.8, 4) is 22.5 Å². The van der Waals surface area contributed by atoms with Crippen LogP contribution in [0.1, 0.15) is 56.6 Å². The van der Waals surface area contributed by atoms with Gasteiger partial charge in [0.05, 0.1) is 5.69 Å². The summed E-state index contributed by atoms with van der Waals surface area (Å²) in [6.45, 7) is 4.46. The number of hydrogen-bond acceptors (Lipinski definition) is 3. The summed E-state index contributed by atoms with van der Waals surface area (Å²) in [7, 11) is 0. The number of rotatable bonds is 5. The SMILES string of the molecule is CCC(C)c1ccnn2c(-c3ccccc3)c(-c3ccc(C4(N)CCC4)cc3)nc12. The van der Waals surface area contributed by atoms with E-state index in [4.69, 9.17) is 15.8 Å². The lowest BCUT2D eigenvalue weighted by Crippen LogP contribution is -2.43. The second-order valence-corrected chi connectivity index (χ2v) is 8.59. The molecular weight excluding hydrogens is 368 g/mol. The first kappa shape index (κ1) is 19.0. The van der Waals surface area contributed by atoms with Crippen molar-refractivity contribution >= 4 is 5.65 Å². The highest BCUT2D eigenvalue weighted by molar-refractivity contribution is 5.82. The zero-order chi connectivity index (χ0) is 20.7. The number of benzene rings is 2. The third kappa shape index (κ3) is 3.03. The minimum Gasteiger partial charge on any atom is -0.321 e. The number of aromatic nitrogens is 3. The molecule has 0 bridgehead atoms. The molecule has 2 aromatic carbocycles. The van der Waals surface area contributed by atoms with Crippen molar-refractivity contribution in [1.82, 2.24) is 14.6 Å². The Labute approximate surface area is 177 Å². The van der Waals surface area contributed by atoms with E-state index in [2.05, 4.69) is 68.4 Å². The Bertz CT molecular complexity index is 1170. The van der Waals surface area contributed by atoms with E-state index >= 15 is 0 Å². The summed E-state index contributed by atoms with van der Waals surface area (Å²) in [4.78, 5) is 5.12. The number of imidazole rings is 1. The highest BCUT2D eigenvalue weighted by Gasteiger charge is 2.34.